The van der Waals surface area contributed by atoms with Crippen molar-refractivity contribution in [2.75, 3.05) is 0 Å². The molecule has 0 amide bonds. The number of aryl methyl sites for hydroxylation is 4. The molecule has 0 aromatic heterocycles. The van der Waals surface area contributed by atoms with E-state index in [1.54, 1.807) is 0 Å². The van der Waals surface area contributed by atoms with Crippen LogP contribution in [-0.2, 0) is 6.42 Å². The minimum Gasteiger partial charge on any atom is -0.105 e. The van der Waals surface area contributed by atoms with Crippen LogP contribution in [0.4, 0.5) is 0 Å². The second-order valence-corrected chi connectivity index (χ2v) is 15.6. The summed E-state index contributed by atoms with van der Waals surface area (Å²) < 4.78 is 0. The van der Waals surface area contributed by atoms with Crippen LogP contribution < -0.4 is 10.6 Å². The Balaban J connectivity index is 0.000000209. The van der Waals surface area contributed by atoms with Crippen molar-refractivity contribution >= 4 is 50.6 Å². The summed E-state index contributed by atoms with van der Waals surface area (Å²) >= 11 is 0. The van der Waals surface area contributed by atoms with E-state index in [9.17, 15) is 0 Å². The van der Waals surface area contributed by atoms with Crippen molar-refractivity contribution in [3.05, 3.63) is 143 Å². The van der Waals surface area contributed by atoms with Crippen LogP contribution in [0.5, 0.6) is 0 Å². The van der Waals surface area contributed by atoms with Gasteiger partial charge in [0.15, 0.2) is 0 Å². The molecule has 0 aliphatic heterocycles. The van der Waals surface area contributed by atoms with Crippen molar-refractivity contribution < 1.29 is 0 Å². The van der Waals surface area contributed by atoms with Crippen LogP contribution in [0, 0.1) is 20.8 Å². The molecule has 0 saturated carbocycles. The van der Waals surface area contributed by atoms with Gasteiger partial charge in [0.05, 0.1) is 0 Å². The summed E-state index contributed by atoms with van der Waals surface area (Å²) in [5.74, 6) is 1.35. The van der Waals surface area contributed by atoms with Crippen LogP contribution in [0.1, 0.15) is 119 Å². The van der Waals surface area contributed by atoms with Gasteiger partial charge in [-0.25, -0.2) is 0 Å². The number of hydrogen-bond donors (Lipinski definition) is 0. The Bertz CT molecular complexity index is 1860. The van der Waals surface area contributed by atoms with Crippen LogP contribution in [0.2, 0.25) is 0 Å². The first kappa shape index (κ1) is 42.1. The van der Waals surface area contributed by atoms with Gasteiger partial charge < -0.3 is 0 Å². The zero-order valence-corrected chi connectivity index (χ0v) is 35.5. The highest BCUT2D eigenvalue weighted by Crippen LogP contribution is 2.33. The highest BCUT2D eigenvalue weighted by atomic mass is 31.0. The third-order valence-electron chi connectivity index (χ3n) is 9.46. The molecule has 51 heavy (non-hydrogen) atoms. The third-order valence-corrected chi connectivity index (χ3v) is 10.4. The van der Waals surface area contributed by atoms with E-state index in [1.807, 2.05) is 0 Å². The first-order chi connectivity index (χ1) is 24.4. The van der Waals surface area contributed by atoms with E-state index < -0.39 is 0 Å². The number of rotatable bonds is 7. The monoisotopic (exact) mass is 714 g/mol. The van der Waals surface area contributed by atoms with Gasteiger partial charge in [0.1, 0.15) is 0 Å². The topological polar surface area (TPSA) is 0 Å². The first-order valence-corrected chi connectivity index (χ1v) is 20.3. The van der Waals surface area contributed by atoms with Crippen LogP contribution in [0.25, 0.3) is 32.7 Å². The zero-order valence-electron chi connectivity index (χ0n) is 33.2. The Kier molecular flexibility index (Phi) is 17.6. The van der Waals surface area contributed by atoms with Crippen molar-refractivity contribution in [2.24, 2.45) is 0 Å². The van der Waals surface area contributed by atoms with E-state index in [0.717, 1.165) is 0 Å². The van der Waals surface area contributed by atoms with E-state index in [0.29, 0.717) is 11.8 Å². The van der Waals surface area contributed by atoms with E-state index in [-0.39, 0.29) is 0 Å². The molecule has 0 saturated heterocycles. The van der Waals surface area contributed by atoms with E-state index in [1.165, 1.54) is 109 Å². The Morgan fingerprint density at radius 2 is 0.941 bits per heavy atom. The van der Waals surface area contributed by atoms with Crippen LogP contribution in [-0.4, -0.2) is 0 Å². The molecule has 6 aromatic carbocycles. The van der Waals surface area contributed by atoms with Crippen molar-refractivity contribution in [2.45, 2.75) is 113 Å². The lowest BCUT2D eigenvalue weighted by Gasteiger charge is -2.15. The fraction of sp³-hybridized carbons (Fsp3) is 0.347. The fourth-order valence-electron chi connectivity index (χ4n) is 6.33. The van der Waals surface area contributed by atoms with Crippen LogP contribution in [0.15, 0.2) is 109 Å². The minimum atomic E-state index is 0.649. The largest absolute Gasteiger partial charge is 0.105 e. The summed E-state index contributed by atoms with van der Waals surface area (Å²) in [7, 11) is 5.79. The van der Waals surface area contributed by atoms with Crippen LogP contribution >= 0.6 is 18.5 Å². The molecule has 6 rings (SSSR count). The van der Waals surface area contributed by atoms with Gasteiger partial charge in [-0.2, -0.15) is 0 Å². The number of benzene rings is 6. The molecule has 2 heteroatoms. The standard InChI is InChI=1S/C20H16P2.C13H20.C12H18.C4H10/c21-17-11-9-13-5-1-3-7-15(13)19(17)20-16-8-4-2-6-14(16)10-12-18(20)22;1-5-6-12-7-11(4)8-13(9-12)10(2)3;1-5-11(4)12-7-9(2)6-10(3)8-12;1-3-4-2/h1-12H,21-22H2;7-10H,5-6H2,1-4H3;6-8,11H,5H2,1-4H3;3-4H2,1-2H3. The molecular weight excluding hydrogens is 650 g/mol. The molecule has 0 aliphatic rings. The number of hydrogen-bond acceptors (Lipinski definition) is 0. The molecule has 0 radical (unpaired) electrons. The van der Waals surface area contributed by atoms with Crippen molar-refractivity contribution in [3.63, 3.8) is 0 Å². The average Bonchev–Trinajstić information content (AvgIpc) is 3.12. The lowest BCUT2D eigenvalue weighted by molar-refractivity contribution is 0.732. The van der Waals surface area contributed by atoms with E-state index >= 15 is 0 Å². The van der Waals surface area contributed by atoms with E-state index in [2.05, 4.69) is 197 Å². The molecule has 0 fully saturated rings. The maximum Gasteiger partial charge on any atom is -0.00212 e. The molecule has 0 N–H and O–H groups in total. The van der Waals surface area contributed by atoms with Gasteiger partial charge in [0.25, 0.3) is 0 Å². The predicted octanol–water partition coefficient (Wildman–Crippen LogP) is 14.4. The Labute approximate surface area is 316 Å². The highest BCUT2D eigenvalue weighted by Gasteiger charge is 2.13. The molecule has 270 valence electrons. The van der Waals surface area contributed by atoms with Crippen molar-refractivity contribution in [1.29, 1.82) is 0 Å². The summed E-state index contributed by atoms with van der Waals surface area (Å²) in [6.07, 6.45) is 6.31. The fourth-order valence-corrected chi connectivity index (χ4v) is 7.12. The second kappa shape index (κ2) is 21.3. The summed E-state index contributed by atoms with van der Waals surface area (Å²) in [5, 5.41) is 7.63. The quantitative estimate of drug-likeness (QED) is 0.144. The molecule has 6 aromatic rings. The number of fused-ring (bicyclic) bond motifs is 2. The predicted molar refractivity (Wildman–Crippen MR) is 240 cm³/mol. The molecule has 0 bridgehead atoms. The molecule has 3 atom stereocenters. The van der Waals surface area contributed by atoms with Gasteiger partial charge in [0, 0.05) is 0 Å². The Morgan fingerprint density at radius 3 is 1.37 bits per heavy atom. The van der Waals surface area contributed by atoms with Crippen molar-refractivity contribution in [3.8, 4) is 11.1 Å². The lowest BCUT2D eigenvalue weighted by atomic mass is 9.94. The second-order valence-electron chi connectivity index (χ2n) is 14.4. The Hall–Kier alpha value is -3.30. The summed E-state index contributed by atoms with van der Waals surface area (Å²) in [6, 6.07) is 39.7. The molecule has 0 spiro atoms. The average molecular weight is 715 g/mol. The zero-order chi connectivity index (χ0) is 37.5. The normalized spacial score (nSPS) is 11.2. The SMILES string of the molecule is CCC(C)c1cc(C)cc(C)c1.CCCC.CCCc1cc(C)cc(C(C)C)c1.Pc1ccc2ccccc2c1-c1c(P)ccc2ccccc12. The summed E-state index contributed by atoms with van der Waals surface area (Å²) in [6.45, 7) is 22.1. The highest BCUT2D eigenvalue weighted by molar-refractivity contribution is 7.29. The lowest BCUT2D eigenvalue weighted by Crippen LogP contribution is -2.05. The van der Waals surface area contributed by atoms with Gasteiger partial charge in [-0.15, -0.1) is 18.5 Å². The minimum absolute atomic E-state index is 0.649. The summed E-state index contributed by atoms with van der Waals surface area (Å²) in [5.41, 5.74) is 11.2. The van der Waals surface area contributed by atoms with Gasteiger partial charge >= 0.3 is 0 Å². The maximum absolute atomic E-state index is 2.90. The Morgan fingerprint density at radius 1 is 0.490 bits per heavy atom. The van der Waals surface area contributed by atoms with Crippen molar-refractivity contribution in [1.82, 2.24) is 0 Å². The smallest absolute Gasteiger partial charge is 0.00212 e. The van der Waals surface area contributed by atoms with Crippen LogP contribution in [0.3, 0.4) is 0 Å². The molecule has 0 nitrogen and oxygen atoms in total. The summed E-state index contributed by atoms with van der Waals surface area (Å²) in [4.78, 5) is 0. The van der Waals surface area contributed by atoms with Gasteiger partial charge in [-0.3, -0.25) is 0 Å². The maximum atomic E-state index is 2.90. The molecule has 0 aliphatic carbocycles. The van der Waals surface area contributed by atoms with Gasteiger partial charge in [-0.1, -0.05) is 194 Å². The van der Waals surface area contributed by atoms with E-state index in [4.69, 9.17) is 0 Å². The molecule has 3 unspecified atom stereocenters. The molecule has 0 heterocycles. The number of unbranched alkanes of at least 4 members (excludes halogenated alkanes) is 1. The van der Waals surface area contributed by atoms with Gasteiger partial charge in [0.2, 0.25) is 0 Å². The molecular formula is C49H64P2. The first-order valence-electron chi connectivity index (χ1n) is 19.2. The third kappa shape index (κ3) is 12.4. The van der Waals surface area contributed by atoms with Gasteiger partial charge in [-0.05, 0) is 105 Å².